The van der Waals surface area contributed by atoms with E-state index in [2.05, 4.69) is 10.3 Å². The summed E-state index contributed by atoms with van der Waals surface area (Å²) in [6.45, 7) is 7.23. The average Bonchev–Trinajstić information content (AvgIpc) is 3.05. The number of amides is 1. The van der Waals surface area contributed by atoms with Crippen molar-refractivity contribution in [2.45, 2.75) is 59.3 Å². The standard InChI is InChI=1S/C32H40N2O11/c1-18(2)28(36)45-25-19(3)44-30(38)22(16-42-29(37)21(25)15-20-11-9-8-10-12-20)34-27(35)24-26(23(40-6)13-14-33-24)43-17-32(4,5)31(39)41-7/h8-14,18-19,21-22,25H,15-17H2,1-7H3,(H,34,35)/t19-,21+,22-,25-/m0/s1. The molecule has 0 spiro atoms. The second-order valence-corrected chi connectivity index (χ2v) is 11.5. The minimum absolute atomic E-state index is 0.0835. The lowest BCUT2D eigenvalue weighted by Gasteiger charge is -2.29. The molecule has 1 saturated heterocycles. The lowest BCUT2D eigenvalue weighted by atomic mass is 9.91. The number of hydrogen-bond donors (Lipinski definition) is 1. The number of rotatable bonds is 11. The fourth-order valence-electron chi connectivity index (χ4n) is 4.46. The van der Waals surface area contributed by atoms with Crippen LogP contribution in [0.5, 0.6) is 11.5 Å². The van der Waals surface area contributed by atoms with Crippen molar-refractivity contribution in [2.24, 2.45) is 17.3 Å². The van der Waals surface area contributed by atoms with Crippen LogP contribution in [0.15, 0.2) is 42.6 Å². The van der Waals surface area contributed by atoms with E-state index in [0.29, 0.717) is 0 Å². The number of cyclic esters (lactones) is 2. The lowest BCUT2D eigenvalue weighted by molar-refractivity contribution is -0.176. The van der Waals surface area contributed by atoms with Crippen molar-refractivity contribution in [3.05, 3.63) is 53.9 Å². The monoisotopic (exact) mass is 628 g/mol. The van der Waals surface area contributed by atoms with Gasteiger partial charge in [-0.2, -0.15) is 0 Å². The van der Waals surface area contributed by atoms with Crippen LogP contribution in [0.2, 0.25) is 0 Å². The number of carbonyl (C=O) groups excluding carboxylic acids is 5. The van der Waals surface area contributed by atoms with Gasteiger partial charge in [-0.25, -0.2) is 9.78 Å². The van der Waals surface area contributed by atoms with E-state index in [-0.39, 0.29) is 30.2 Å². The third-order valence-electron chi connectivity index (χ3n) is 7.09. The van der Waals surface area contributed by atoms with Crippen LogP contribution in [0.1, 0.15) is 50.7 Å². The predicted molar refractivity (Wildman–Crippen MR) is 158 cm³/mol. The van der Waals surface area contributed by atoms with Crippen LogP contribution in [0.3, 0.4) is 0 Å². The molecule has 4 atom stereocenters. The zero-order valence-corrected chi connectivity index (χ0v) is 26.5. The van der Waals surface area contributed by atoms with Crippen LogP contribution in [-0.2, 0) is 44.5 Å². The normalized spacial score (nSPS) is 20.4. The van der Waals surface area contributed by atoms with Crippen molar-refractivity contribution in [2.75, 3.05) is 27.4 Å². The molecule has 1 fully saturated rings. The minimum atomic E-state index is -1.45. The van der Waals surface area contributed by atoms with Crippen LogP contribution in [0.4, 0.5) is 0 Å². The fourth-order valence-corrected chi connectivity index (χ4v) is 4.46. The van der Waals surface area contributed by atoms with Gasteiger partial charge in [0.1, 0.15) is 25.2 Å². The first-order chi connectivity index (χ1) is 21.3. The summed E-state index contributed by atoms with van der Waals surface area (Å²) in [5.74, 6) is -5.10. The van der Waals surface area contributed by atoms with E-state index in [1.807, 2.05) is 18.2 Å². The molecule has 3 rings (SSSR count). The number of nitrogens with one attached hydrogen (secondary N) is 1. The van der Waals surface area contributed by atoms with Gasteiger partial charge in [0.15, 0.2) is 29.3 Å². The molecule has 1 amide bonds. The molecule has 0 radical (unpaired) electrons. The summed E-state index contributed by atoms with van der Waals surface area (Å²) < 4.78 is 32.8. The van der Waals surface area contributed by atoms with Crippen LogP contribution < -0.4 is 14.8 Å². The zero-order valence-electron chi connectivity index (χ0n) is 26.5. The van der Waals surface area contributed by atoms with Gasteiger partial charge in [0, 0.05) is 12.3 Å². The summed E-state index contributed by atoms with van der Waals surface area (Å²) >= 11 is 0. The Labute approximate surface area is 261 Å². The zero-order chi connectivity index (χ0) is 33.3. The van der Waals surface area contributed by atoms with Gasteiger partial charge in [-0.15, -0.1) is 0 Å². The largest absolute Gasteiger partial charge is 0.493 e. The maximum absolute atomic E-state index is 13.5. The van der Waals surface area contributed by atoms with Crippen molar-refractivity contribution in [3.63, 3.8) is 0 Å². The quantitative estimate of drug-likeness (QED) is 0.286. The van der Waals surface area contributed by atoms with Gasteiger partial charge < -0.3 is 33.7 Å². The second-order valence-electron chi connectivity index (χ2n) is 11.5. The molecule has 2 heterocycles. The first-order valence-electron chi connectivity index (χ1n) is 14.5. The highest BCUT2D eigenvalue weighted by Crippen LogP contribution is 2.32. The highest BCUT2D eigenvalue weighted by Gasteiger charge is 2.42. The first-order valence-corrected chi connectivity index (χ1v) is 14.5. The minimum Gasteiger partial charge on any atom is -0.493 e. The predicted octanol–water partition coefficient (Wildman–Crippen LogP) is 2.68. The maximum atomic E-state index is 13.5. The molecule has 244 valence electrons. The van der Waals surface area contributed by atoms with Crippen LogP contribution in [0, 0.1) is 17.3 Å². The summed E-state index contributed by atoms with van der Waals surface area (Å²) in [5, 5.41) is 2.49. The summed E-state index contributed by atoms with van der Waals surface area (Å²) in [5.41, 5.74) is -0.561. The summed E-state index contributed by atoms with van der Waals surface area (Å²) in [6.07, 6.45) is -0.791. The molecule has 45 heavy (non-hydrogen) atoms. The van der Waals surface area contributed by atoms with Crippen molar-refractivity contribution in [1.82, 2.24) is 10.3 Å². The highest BCUT2D eigenvalue weighted by molar-refractivity contribution is 5.98. The number of benzene rings is 1. The van der Waals surface area contributed by atoms with Crippen LogP contribution in [0.25, 0.3) is 0 Å². The molecule has 0 aliphatic carbocycles. The van der Waals surface area contributed by atoms with Gasteiger partial charge in [0.2, 0.25) is 0 Å². The Bertz CT molecular complexity index is 1380. The van der Waals surface area contributed by atoms with E-state index < -0.39 is 71.9 Å². The number of pyridine rings is 1. The number of nitrogens with zero attached hydrogens (tertiary/aromatic N) is 1. The van der Waals surface area contributed by atoms with Gasteiger partial charge in [-0.05, 0) is 32.8 Å². The molecule has 13 nitrogen and oxygen atoms in total. The maximum Gasteiger partial charge on any atom is 0.332 e. The number of ether oxygens (including phenoxy) is 6. The van der Waals surface area contributed by atoms with Crippen molar-refractivity contribution >= 4 is 29.8 Å². The van der Waals surface area contributed by atoms with Crippen molar-refractivity contribution in [3.8, 4) is 11.5 Å². The Morgan fingerprint density at radius 1 is 1.07 bits per heavy atom. The Morgan fingerprint density at radius 3 is 2.38 bits per heavy atom. The van der Waals surface area contributed by atoms with E-state index in [9.17, 15) is 24.0 Å². The van der Waals surface area contributed by atoms with Gasteiger partial charge in [0.25, 0.3) is 5.91 Å². The van der Waals surface area contributed by atoms with Gasteiger partial charge in [-0.1, -0.05) is 44.2 Å². The summed E-state index contributed by atoms with van der Waals surface area (Å²) in [4.78, 5) is 69.1. The number of methoxy groups -OCH3 is 2. The van der Waals surface area contributed by atoms with Crippen molar-refractivity contribution < 1.29 is 52.4 Å². The smallest absolute Gasteiger partial charge is 0.332 e. The number of hydrogen-bond acceptors (Lipinski definition) is 12. The van der Waals surface area contributed by atoms with E-state index in [0.717, 1.165) is 5.56 Å². The summed E-state index contributed by atoms with van der Waals surface area (Å²) in [6, 6.07) is 9.07. The Morgan fingerprint density at radius 2 is 1.76 bits per heavy atom. The van der Waals surface area contributed by atoms with E-state index in [1.54, 1.807) is 39.8 Å². The molecule has 1 aliphatic heterocycles. The molecule has 13 heteroatoms. The van der Waals surface area contributed by atoms with Gasteiger partial charge in [-0.3, -0.25) is 19.2 Å². The van der Waals surface area contributed by atoms with Crippen LogP contribution >= 0.6 is 0 Å². The van der Waals surface area contributed by atoms with E-state index in [1.165, 1.54) is 33.4 Å². The number of aromatic nitrogens is 1. The van der Waals surface area contributed by atoms with Gasteiger partial charge >= 0.3 is 23.9 Å². The average molecular weight is 629 g/mol. The number of esters is 4. The van der Waals surface area contributed by atoms with Gasteiger partial charge in [0.05, 0.1) is 25.6 Å². The fraction of sp³-hybridized carbons (Fsp3) is 0.500. The molecule has 0 bridgehead atoms. The van der Waals surface area contributed by atoms with Crippen molar-refractivity contribution in [1.29, 1.82) is 0 Å². The molecular weight excluding hydrogens is 588 g/mol. The molecule has 1 aliphatic rings. The molecule has 1 N–H and O–H groups in total. The highest BCUT2D eigenvalue weighted by atomic mass is 16.6. The molecular formula is C32H40N2O11. The Balaban J connectivity index is 1.88. The van der Waals surface area contributed by atoms with E-state index in [4.69, 9.17) is 28.4 Å². The Hall–Kier alpha value is -4.68. The van der Waals surface area contributed by atoms with Crippen LogP contribution in [-0.4, -0.2) is 80.5 Å². The summed E-state index contributed by atoms with van der Waals surface area (Å²) in [7, 11) is 2.61. The third-order valence-corrected chi connectivity index (χ3v) is 7.09. The molecule has 0 unspecified atom stereocenters. The molecule has 0 saturated carbocycles. The topological polar surface area (TPSA) is 166 Å². The van der Waals surface area contributed by atoms with E-state index >= 15 is 0 Å². The second kappa shape index (κ2) is 15.4. The molecule has 1 aromatic carbocycles. The SMILES string of the molecule is COC(=O)C(C)(C)COc1c(OC)ccnc1C(=O)N[C@H]1COC(=O)[C@H](Cc2ccccc2)[C@@H](OC(=O)C(C)C)[C@H](C)OC1=O. The molecule has 2 aromatic rings. The number of carbonyl (C=O) groups is 5. The Kier molecular flexibility index (Phi) is 11.9. The lowest BCUT2D eigenvalue weighted by Crippen LogP contribution is -2.47. The third kappa shape index (κ3) is 8.93. The molecule has 1 aromatic heterocycles. The first kappa shape index (κ1) is 34.8.